The quantitative estimate of drug-likeness (QED) is 0.761. The van der Waals surface area contributed by atoms with Crippen LogP contribution in [0.5, 0.6) is 0 Å². The van der Waals surface area contributed by atoms with Gasteiger partial charge in [-0.3, -0.25) is 0 Å². The highest BCUT2D eigenvalue weighted by Gasteiger charge is 2.31. The van der Waals surface area contributed by atoms with Crippen LogP contribution in [0, 0.1) is 0 Å². The Morgan fingerprint density at radius 2 is 2.22 bits per heavy atom. The topological polar surface area (TPSA) is 94.1 Å². The molecule has 0 radical (unpaired) electrons. The van der Waals surface area contributed by atoms with E-state index in [9.17, 15) is 8.42 Å². The van der Waals surface area contributed by atoms with Gasteiger partial charge in [-0.05, 0) is 22.9 Å². The Morgan fingerprint density at radius 3 is 2.61 bits per heavy atom. The van der Waals surface area contributed by atoms with Crippen LogP contribution in [0.3, 0.4) is 0 Å². The molecule has 18 heavy (non-hydrogen) atoms. The maximum atomic E-state index is 12.4. The minimum Gasteiger partial charge on any atom is -0.393 e. The Bertz CT molecular complexity index is 536. The van der Waals surface area contributed by atoms with Gasteiger partial charge in [-0.1, -0.05) is 17.4 Å². The second-order valence-corrected chi connectivity index (χ2v) is 7.04. The fourth-order valence-corrected chi connectivity index (χ4v) is 4.02. The molecule has 0 spiro atoms. The summed E-state index contributed by atoms with van der Waals surface area (Å²) in [5.41, 5.74) is 5.42. The highest BCUT2D eigenvalue weighted by atomic mass is 79.9. The Balaban J connectivity index is 3.11. The molecule has 0 aliphatic heterocycles. The Kier molecular flexibility index (Phi) is 4.81. The molecule has 1 rings (SSSR count). The SMILES string of the molecule is CC(CC(N)=S)N(C)S(=O)(=O)c1c(Br)nnn1C. The molecule has 0 fully saturated rings. The number of aryl methyl sites for hydroxylation is 1. The molecule has 1 heterocycles. The molecule has 7 nitrogen and oxygen atoms in total. The van der Waals surface area contributed by atoms with E-state index < -0.39 is 10.0 Å². The first kappa shape index (κ1) is 15.5. The smallest absolute Gasteiger partial charge is 0.263 e. The van der Waals surface area contributed by atoms with Gasteiger partial charge in [-0.15, -0.1) is 5.10 Å². The number of thiocarbonyl (C=S) groups is 1. The third-order valence-electron chi connectivity index (χ3n) is 2.48. The van der Waals surface area contributed by atoms with Crippen LogP contribution in [-0.2, 0) is 17.1 Å². The minimum absolute atomic E-state index is 0.000195. The van der Waals surface area contributed by atoms with Crippen molar-refractivity contribution in [1.82, 2.24) is 19.3 Å². The third-order valence-corrected chi connectivity index (χ3v) is 5.51. The number of aromatic nitrogens is 3. The molecule has 0 aromatic carbocycles. The fraction of sp³-hybridized carbons (Fsp3) is 0.625. The van der Waals surface area contributed by atoms with Crippen molar-refractivity contribution < 1.29 is 8.42 Å². The van der Waals surface area contributed by atoms with Gasteiger partial charge in [0.15, 0.2) is 4.60 Å². The first-order chi connectivity index (χ1) is 8.17. The number of nitrogens with two attached hydrogens (primary N) is 1. The number of rotatable bonds is 5. The summed E-state index contributed by atoms with van der Waals surface area (Å²) in [4.78, 5) is 0.270. The zero-order chi connectivity index (χ0) is 14.1. The van der Waals surface area contributed by atoms with Gasteiger partial charge in [0.05, 0.1) is 4.99 Å². The van der Waals surface area contributed by atoms with Crippen molar-refractivity contribution >= 4 is 43.2 Å². The molecule has 1 unspecified atom stereocenters. The lowest BCUT2D eigenvalue weighted by Gasteiger charge is -2.23. The second kappa shape index (κ2) is 5.59. The monoisotopic (exact) mass is 355 g/mol. The molecule has 10 heteroatoms. The van der Waals surface area contributed by atoms with E-state index in [0.717, 1.165) is 0 Å². The zero-order valence-corrected chi connectivity index (χ0v) is 13.4. The molecule has 0 saturated carbocycles. The Labute approximate surface area is 120 Å². The highest BCUT2D eigenvalue weighted by Crippen LogP contribution is 2.23. The molecule has 0 bridgehead atoms. The van der Waals surface area contributed by atoms with E-state index in [0.29, 0.717) is 6.42 Å². The van der Waals surface area contributed by atoms with Crippen molar-refractivity contribution in [3.05, 3.63) is 4.60 Å². The van der Waals surface area contributed by atoms with Gasteiger partial charge >= 0.3 is 0 Å². The molecule has 1 aromatic heterocycles. The number of sulfonamides is 1. The van der Waals surface area contributed by atoms with Gasteiger partial charge < -0.3 is 5.73 Å². The molecule has 0 saturated heterocycles. The van der Waals surface area contributed by atoms with E-state index >= 15 is 0 Å². The molecule has 1 atom stereocenters. The third kappa shape index (κ3) is 3.05. The van der Waals surface area contributed by atoms with Gasteiger partial charge in [0.2, 0.25) is 5.03 Å². The molecular formula is C8H14BrN5O2S2. The maximum Gasteiger partial charge on any atom is 0.263 e. The van der Waals surface area contributed by atoms with Crippen LogP contribution in [0.25, 0.3) is 0 Å². The van der Waals surface area contributed by atoms with E-state index in [1.54, 1.807) is 6.92 Å². The van der Waals surface area contributed by atoms with E-state index in [1.165, 1.54) is 23.1 Å². The second-order valence-electron chi connectivity index (χ2n) is 3.85. The van der Waals surface area contributed by atoms with Crippen LogP contribution >= 0.6 is 28.1 Å². The average Bonchev–Trinajstić information content (AvgIpc) is 2.56. The summed E-state index contributed by atoms with van der Waals surface area (Å²) in [6, 6.07) is -0.339. The molecule has 102 valence electrons. The first-order valence-corrected chi connectivity index (χ1v) is 7.63. The Hall–Kier alpha value is -0.580. The van der Waals surface area contributed by atoms with Crippen molar-refractivity contribution in [2.75, 3.05) is 7.05 Å². The summed E-state index contributed by atoms with van der Waals surface area (Å²) in [6.07, 6.45) is 0.313. The average molecular weight is 356 g/mol. The minimum atomic E-state index is -3.69. The van der Waals surface area contributed by atoms with Crippen molar-refractivity contribution in [2.24, 2.45) is 12.8 Å². The predicted molar refractivity (Wildman–Crippen MR) is 74.5 cm³/mol. The molecule has 0 amide bonds. The van der Waals surface area contributed by atoms with Gasteiger partial charge in [0, 0.05) is 26.6 Å². The van der Waals surface area contributed by atoms with Crippen LogP contribution in [0.2, 0.25) is 0 Å². The summed E-state index contributed by atoms with van der Waals surface area (Å²) < 4.78 is 27.3. The van der Waals surface area contributed by atoms with Crippen LogP contribution in [-0.4, -0.2) is 45.8 Å². The first-order valence-electron chi connectivity index (χ1n) is 4.99. The number of nitrogens with zero attached hydrogens (tertiary/aromatic N) is 4. The highest BCUT2D eigenvalue weighted by molar-refractivity contribution is 9.10. The standard InChI is InChI=1S/C8H14BrN5O2S2/c1-5(4-6(10)17)14(3)18(15,16)8-7(9)11-12-13(8)2/h5H,4H2,1-3H3,(H2,10,17). The predicted octanol–water partition coefficient (Wildman–Crippen LogP) is 0.263. The summed E-state index contributed by atoms with van der Waals surface area (Å²) in [6.45, 7) is 1.73. The van der Waals surface area contributed by atoms with Crippen molar-refractivity contribution in [1.29, 1.82) is 0 Å². The lowest BCUT2D eigenvalue weighted by Crippen LogP contribution is -2.38. The van der Waals surface area contributed by atoms with Crippen molar-refractivity contribution in [2.45, 2.75) is 24.4 Å². The maximum absolute atomic E-state index is 12.4. The molecule has 1 aromatic rings. The number of hydrogen-bond donors (Lipinski definition) is 1. The van der Waals surface area contributed by atoms with Crippen molar-refractivity contribution in [3.63, 3.8) is 0 Å². The number of halogens is 1. The largest absolute Gasteiger partial charge is 0.393 e. The fourth-order valence-electron chi connectivity index (χ4n) is 1.39. The summed E-state index contributed by atoms with van der Waals surface area (Å²) in [7, 11) is -0.712. The van der Waals surface area contributed by atoms with Gasteiger partial charge in [0.25, 0.3) is 10.0 Å². The van der Waals surface area contributed by atoms with E-state index in [4.69, 9.17) is 18.0 Å². The van der Waals surface area contributed by atoms with Crippen LogP contribution in [0.4, 0.5) is 0 Å². The molecule has 0 aliphatic carbocycles. The summed E-state index contributed by atoms with van der Waals surface area (Å²) in [5.74, 6) is 0. The van der Waals surface area contributed by atoms with E-state index in [2.05, 4.69) is 26.2 Å². The normalized spacial score (nSPS) is 13.8. The van der Waals surface area contributed by atoms with E-state index in [-0.39, 0.29) is 20.7 Å². The van der Waals surface area contributed by atoms with Crippen molar-refractivity contribution in [3.8, 4) is 0 Å². The lowest BCUT2D eigenvalue weighted by molar-refractivity contribution is 0.392. The summed E-state index contributed by atoms with van der Waals surface area (Å²) >= 11 is 7.85. The summed E-state index contributed by atoms with van der Waals surface area (Å²) in [5, 5.41) is 7.31. The van der Waals surface area contributed by atoms with E-state index in [1.807, 2.05) is 0 Å². The van der Waals surface area contributed by atoms with Crippen LogP contribution < -0.4 is 5.73 Å². The van der Waals surface area contributed by atoms with Crippen LogP contribution in [0.1, 0.15) is 13.3 Å². The zero-order valence-electron chi connectivity index (χ0n) is 10.2. The van der Waals surface area contributed by atoms with Gasteiger partial charge in [0.1, 0.15) is 0 Å². The van der Waals surface area contributed by atoms with Crippen LogP contribution in [0.15, 0.2) is 9.63 Å². The molecular weight excluding hydrogens is 342 g/mol. The lowest BCUT2D eigenvalue weighted by atomic mass is 10.2. The molecule has 2 N–H and O–H groups in total. The van der Waals surface area contributed by atoms with Gasteiger partial charge in [-0.2, -0.15) is 4.31 Å². The van der Waals surface area contributed by atoms with Gasteiger partial charge in [-0.25, -0.2) is 13.1 Å². The molecule has 0 aliphatic rings. The number of hydrogen-bond acceptors (Lipinski definition) is 5. The Morgan fingerprint density at radius 1 is 1.67 bits per heavy atom.